The molecule has 0 saturated carbocycles. The van der Waals surface area contributed by atoms with Gasteiger partial charge in [0.1, 0.15) is 12.4 Å². The number of hydrogen-bond donors (Lipinski definition) is 1. The molecule has 1 aromatic heterocycles. The normalized spacial score (nSPS) is 10.3. The number of pyridine rings is 1. The molecule has 0 saturated heterocycles. The van der Waals surface area contributed by atoms with Crippen LogP contribution in [0.25, 0.3) is 0 Å². The largest absolute Gasteiger partial charge is 0.475 e. The van der Waals surface area contributed by atoms with Gasteiger partial charge in [0.2, 0.25) is 5.88 Å². The van der Waals surface area contributed by atoms with Gasteiger partial charge in [-0.25, -0.2) is 0 Å². The average Bonchev–Trinajstić information content (AvgIpc) is 2.46. The Kier molecular flexibility index (Phi) is 7.30. The summed E-state index contributed by atoms with van der Waals surface area (Å²) in [4.78, 5) is 14.3. The Labute approximate surface area is 117 Å². The quantitative estimate of drug-likeness (QED) is 0.395. The molecule has 0 aromatic carbocycles. The fraction of sp³-hybridized carbons (Fsp3) is 0.583. The van der Waals surface area contributed by atoms with Gasteiger partial charge in [-0.05, 0) is 6.42 Å². The van der Waals surface area contributed by atoms with Crippen molar-refractivity contribution >= 4 is 11.5 Å². The van der Waals surface area contributed by atoms with Gasteiger partial charge >= 0.3 is 0 Å². The van der Waals surface area contributed by atoms with Crippen LogP contribution in [0.1, 0.15) is 6.42 Å². The lowest BCUT2D eigenvalue weighted by Crippen LogP contribution is -2.10. The fourth-order valence-corrected chi connectivity index (χ4v) is 1.41. The summed E-state index contributed by atoms with van der Waals surface area (Å²) in [5.41, 5.74) is -0.0691. The zero-order valence-corrected chi connectivity index (χ0v) is 11.6. The molecule has 8 heteroatoms. The van der Waals surface area contributed by atoms with Crippen molar-refractivity contribution in [1.82, 2.24) is 4.98 Å². The van der Waals surface area contributed by atoms with Gasteiger partial charge in [0.25, 0.3) is 5.69 Å². The van der Waals surface area contributed by atoms with Crippen LogP contribution in [-0.2, 0) is 9.47 Å². The van der Waals surface area contributed by atoms with Gasteiger partial charge in [0, 0.05) is 27.4 Å². The number of rotatable bonds is 10. The van der Waals surface area contributed by atoms with Crippen LogP contribution in [0.2, 0.25) is 0 Å². The van der Waals surface area contributed by atoms with Gasteiger partial charge in [-0.15, -0.1) is 0 Å². The number of methoxy groups -OCH3 is 1. The van der Waals surface area contributed by atoms with Crippen molar-refractivity contribution < 1.29 is 19.1 Å². The first kappa shape index (κ1) is 16.1. The molecule has 0 spiro atoms. The summed E-state index contributed by atoms with van der Waals surface area (Å²) < 4.78 is 15.5. The van der Waals surface area contributed by atoms with E-state index in [0.717, 1.165) is 6.42 Å². The lowest BCUT2D eigenvalue weighted by Gasteiger charge is -2.08. The molecule has 20 heavy (non-hydrogen) atoms. The molecule has 1 aromatic rings. The van der Waals surface area contributed by atoms with Gasteiger partial charge in [-0.1, -0.05) is 0 Å². The molecular weight excluding hydrogens is 266 g/mol. The van der Waals surface area contributed by atoms with E-state index in [4.69, 9.17) is 14.2 Å². The minimum atomic E-state index is -0.489. The number of nitrogens with zero attached hydrogens (tertiary/aromatic N) is 2. The first-order valence-corrected chi connectivity index (χ1v) is 6.21. The smallest absolute Gasteiger partial charge is 0.278 e. The van der Waals surface area contributed by atoms with E-state index in [9.17, 15) is 10.1 Å². The molecule has 0 radical (unpaired) electrons. The van der Waals surface area contributed by atoms with Crippen molar-refractivity contribution in [2.75, 3.05) is 45.9 Å². The van der Waals surface area contributed by atoms with Gasteiger partial charge in [-0.2, -0.15) is 4.98 Å². The summed E-state index contributed by atoms with van der Waals surface area (Å²) in [6.45, 7) is 1.91. The molecule has 8 nitrogen and oxygen atoms in total. The van der Waals surface area contributed by atoms with Crippen LogP contribution in [0.3, 0.4) is 0 Å². The molecule has 112 valence electrons. The number of nitro groups is 1. The molecule has 0 aliphatic heterocycles. The second-order valence-electron chi connectivity index (χ2n) is 3.86. The maximum atomic E-state index is 10.8. The number of nitrogens with one attached hydrogen (secondary N) is 1. The minimum absolute atomic E-state index is 0.0691. The molecule has 0 atom stereocenters. The van der Waals surface area contributed by atoms with Crippen molar-refractivity contribution in [2.24, 2.45) is 0 Å². The molecule has 1 rings (SSSR count). The van der Waals surface area contributed by atoms with E-state index in [0.29, 0.717) is 25.6 Å². The van der Waals surface area contributed by atoms with Gasteiger partial charge in [0.15, 0.2) is 0 Å². The van der Waals surface area contributed by atoms with Crippen molar-refractivity contribution in [3.8, 4) is 5.88 Å². The molecular formula is C12H19N3O5. The zero-order valence-electron chi connectivity index (χ0n) is 11.6. The first-order valence-electron chi connectivity index (χ1n) is 6.21. The molecule has 0 fully saturated rings. The standard InChI is InChI=1S/C12H19N3O5/c1-13-11-8-10(15(16)17)9-12(14-11)20-7-6-19-5-3-4-18-2/h8-9H,3-7H2,1-2H3,(H,13,14). The summed E-state index contributed by atoms with van der Waals surface area (Å²) in [5.74, 6) is 0.583. The molecule has 0 amide bonds. The number of ether oxygens (including phenoxy) is 3. The summed E-state index contributed by atoms with van der Waals surface area (Å²) in [6.07, 6.45) is 0.815. The van der Waals surface area contributed by atoms with Crippen molar-refractivity contribution in [3.63, 3.8) is 0 Å². The molecule has 0 aliphatic carbocycles. The predicted molar refractivity (Wildman–Crippen MR) is 73.2 cm³/mol. The lowest BCUT2D eigenvalue weighted by molar-refractivity contribution is -0.384. The van der Waals surface area contributed by atoms with Crippen LogP contribution in [0, 0.1) is 10.1 Å². The number of aromatic nitrogens is 1. The summed E-state index contributed by atoms with van der Waals surface area (Å²) in [5, 5.41) is 13.5. The topological polar surface area (TPSA) is 95.8 Å². The Bertz CT molecular complexity index is 428. The molecule has 0 bridgehead atoms. The van der Waals surface area contributed by atoms with Crippen LogP contribution in [0.4, 0.5) is 11.5 Å². The van der Waals surface area contributed by atoms with Crippen LogP contribution in [0.15, 0.2) is 12.1 Å². The fourth-order valence-electron chi connectivity index (χ4n) is 1.41. The van der Waals surface area contributed by atoms with E-state index < -0.39 is 4.92 Å². The maximum Gasteiger partial charge on any atom is 0.278 e. The van der Waals surface area contributed by atoms with E-state index in [2.05, 4.69) is 10.3 Å². The monoisotopic (exact) mass is 285 g/mol. The predicted octanol–water partition coefficient (Wildman–Crippen LogP) is 1.46. The van der Waals surface area contributed by atoms with Crippen LogP contribution in [0.5, 0.6) is 5.88 Å². The van der Waals surface area contributed by atoms with Crippen LogP contribution < -0.4 is 10.1 Å². The van der Waals surface area contributed by atoms with Gasteiger partial charge < -0.3 is 19.5 Å². The Balaban J connectivity index is 2.39. The minimum Gasteiger partial charge on any atom is -0.475 e. The lowest BCUT2D eigenvalue weighted by atomic mass is 10.4. The summed E-state index contributed by atoms with van der Waals surface area (Å²) in [6, 6.07) is 2.62. The van der Waals surface area contributed by atoms with Gasteiger partial charge in [-0.3, -0.25) is 10.1 Å². The SMILES string of the molecule is CNc1cc([N+](=O)[O-])cc(OCCOCCCOC)n1. The first-order chi connectivity index (χ1) is 9.67. The third kappa shape index (κ3) is 5.81. The van der Waals surface area contributed by atoms with Crippen LogP contribution >= 0.6 is 0 Å². The third-order valence-corrected chi connectivity index (χ3v) is 2.37. The molecule has 0 unspecified atom stereocenters. The van der Waals surface area contributed by atoms with Crippen LogP contribution in [-0.4, -0.2) is 50.5 Å². The van der Waals surface area contributed by atoms with Gasteiger partial charge in [0.05, 0.1) is 23.7 Å². The molecule has 1 N–H and O–H groups in total. The highest BCUT2D eigenvalue weighted by atomic mass is 16.6. The highest BCUT2D eigenvalue weighted by molar-refractivity contribution is 5.47. The maximum absolute atomic E-state index is 10.8. The van der Waals surface area contributed by atoms with Crippen molar-refractivity contribution in [2.45, 2.75) is 6.42 Å². The van der Waals surface area contributed by atoms with Crippen molar-refractivity contribution in [1.29, 1.82) is 0 Å². The van der Waals surface area contributed by atoms with Crippen molar-refractivity contribution in [3.05, 3.63) is 22.2 Å². The highest BCUT2D eigenvalue weighted by Gasteiger charge is 2.11. The Morgan fingerprint density at radius 1 is 1.30 bits per heavy atom. The second-order valence-corrected chi connectivity index (χ2v) is 3.86. The highest BCUT2D eigenvalue weighted by Crippen LogP contribution is 2.21. The summed E-state index contributed by atoms with van der Waals surface area (Å²) in [7, 11) is 3.27. The second kappa shape index (κ2) is 9.05. The number of hydrogen-bond acceptors (Lipinski definition) is 7. The van der Waals surface area contributed by atoms with E-state index >= 15 is 0 Å². The van der Waals surface area contributed by atoms with E-state index in [1.54, 1.807) is 14.2 Å². The Morgan fingerprint density at radius 3 is 2.75 bits per heavy atom. The molecule has 1 heterocycles. The molecule has 0 aliphatic rings. The third-order valence-electron chi connectivity index (χ3n) is 2.37. The zero-order chi connectivity index (χ0) is 14.8. The average molecular weight is 285 g/mol. The Hall–Kier alpha value is -1.93. The van der Waals surface area contributed by atoms with E-state index in [1.165, 1.54) is 12.1 Å². The summed E-state index contributed by atoms with van der Waals surface area (Å²) >= 11 is 0. The van der Waals surface area contributed by atoms with E-state index in [1.807, 2.05) is 0 Å². The Morgan fingerprint density at radius 2 is 2.10 bits per heavy atom. The number of anilines is 1. The van der Waals surface area contributed by atoms with E-state index in [-0.39, 0.29) is 18.2 Å².